The molecule has 8 nitrogen and oxygen atoms in total. The standard InChI is InChI=1S/C25H37N5O3/c1-16(2)33-24-13-20(11-12-27-24)22-14-23(19-7-9-21(31)10-8-19)30(18(22)4)29-25(26-5)28-17(3)15-32-6/h11-14,16-17,19,21,31H,5,7-10,15H2,1-4,6H3,(H,28,29)/t17-,19-,21-/m0/s1. The molecule has 1 atom stereocenters. The number of aromatic nitrogens is 2. The Morgan fingerprint density at radius 1 is 1.27 bits per heavy atom. The topological polar surface area (TPSA) is 93.3 Å². The molecule has 180 valence electrons. The fourth-order valence-electron chi connectivity index (χ4n) is 4.30. The van der Waals surface area contributed by atoms with Crippen molar-refractivity contribution in [3.63, 3.8) is 0 Å². The molecule has 8 heteroatoms. The van der Waals surface area contributed by atoms with Gasteiger partial charge in [0.15, 0.2) is 0 Å². The van der Waals surface area contributed by atoms with E-state index in [9.17, 15) is 5.11 Å². The quantitative estimate of drug-likeness (QED) is 0.462. The van der Waals surface area contributed by atoms with Crippen LogP contribution in [-0.4, -0.2) is 59.4 Å². The van der Waals surface area contributed by atoms with Gasteiger partial charge in [-0.1, -0.05) is 0 Å². The maximum Gasteiger partial charge on any atom is 0.240 e. The number of aliphatic imine (C=N–C) groups is 1. The van der Waals surface area contributed by atoms with E-state index >= 15 is 0 Å². The van der Waals surface area contributed by atoms with Crippen molar-refractivity contribution in [2.45, 2.75) is 77.5 Å². The van der Waals surface area contributed by atoms with Crippen molar-refractivity contribution >= 4 is 12.7 Å². The summed E-state index contributed by atoms with van der Waals surface area (Å²) in [6.07, 6.45) is 5.04. The van der Waals surface area contributed by atoms with Gasteiger partial charge in [0.05, 0.1) is 18.8 Å². The fraction of sp³-hybridized carbons (Fsp3) is 0.560. The summed E-state index contributed by atoms with van der Waals surface area (Å²) in [6.45, 7) is 12.3. The lowest BCUT2D eigenvalue weighted by Crippen LogP contribution is -2.35. The maximum atomic E-state index is 10.0. The van der Waals surface area contributed by atoms with Crippen LogP contribution in [0.4, 0.5) is 0 Å². The molecular weight excluding hydrogens is 418 g/mol. The minimum absolute atomic E-state index is 0.0406. The summed E-state index contributed by atoms with van der Waals surface area (Å²) in [5.41, 5.74) is 4.21. The zero-order valence-corrected chi connectivity index (χ0v) is 20.4. The summed E-state index contributed by atoms with van der Waals surface area (Å²) >= 11 is 0. The largest absolute Gasteiger partial charge is 0.475 e. The highest BCUT2D eigenvalue weighted by molar-refractivity contribution is 5.84. The number of guanidine groups is 1. The molecule has 2 heterocycles. The van der Waals surface area contributed by atoms with E-state index in [0.29, 0.717) is 24.4 Å². The van der Waals surface area contributed by atoms with Crippen molar-refractivity contribution in [3.8, 4) is 17.0 Å². The summed E-state index contributed by atoms with van der Waals surface area (Å²) in [4.78, 5) is 8.46. The highest BCUT2D eigenvalue weighted by Gasteiger charge is 2.26. The van der Waals surface area contributed by atoms with Crippen LogP contribution in [0.25, 0.3) is 11.1 Å². The van der Waals surface area contributed by atoms with Crippen LogP contribution in [0.1, 0.15) is 63.8 Å². The molecule has 2 N–H and O–H groups in total. The number of rotatable bonds is 8. The number of hydrogen-bond donors (Lipinski definition) is 2. The van der Waals surface area contributed by atoms with E-state index < -0.39 is 0 Å². The summed E-state index contributed by atoms with van der Waals surface area (Å²) in [5, 5.41) is 18.1. The third-order valence-electron chi connectivity index (χ3n) is 5.90. The first-order valence-corrected chi connectivity index (χ1v) is 11.7. The first-order chi connectivity index (χ1) is 15.8. The summed E-state index contributed by atoms with van der Waals surface area (Å²) < 4.78 is 13.0. The lowest BCUT2D eigenvalue weighted by Gasteiger charge is -2.26. The lowest BCUT2D eigenvalue weighted by molar-refractivity contribution is 0.121. The van der Waals surface area contributed by atoms with Gasteiger partial charge < -0.3 is 19.9 Å². The number of aliphatic hydroxyl groups is 1. The zero-order chi connectivity index (χ0) is 24.0. The van der Waals surface area contributed by atoms with Crippen molar-refractivity contribution in [2.24, 2.45) is 10.1 Å². The molecule has 0 saturated heterocycles. The monoisotopic (exact) mass is 455 g/mol. The number of hydrogen-bond acceptors (Lipinski definition) is 5. The van der Waals surface area contributed by atoms with Crippen LogP contribution in [-0.2, 0) is 4.74 Å². The average molecular weight is 456 g/mol. The predicted octanol–water partition coefficient (Wildman–Crippen LogP) is 4.11. The van der Waals surface area contributed by atoms with E-state index in [1.54, 1.807) is 13.3 Å². The lowest BCUT2D eigenvalue weighted by atomic mass is 9.85. The Kier molecular flexibility index (Phi) is 8.63. The first-order valence-electron chi connectivity index (χ1n) is 11.7. The van der Waals surface area contributed by atoms with Crippen molar-refractivity contribution in [3.05, 3.63) is 35.8 Å². The number of ether oxygens (including phenoxy) is 2. The number of aliphatic hydroxyl groups excluding tert-OH is 1. The Hall–Kier alpha value is -2.71. The van der Waals surface area contributed by atoms with E-state index in [0.717, 1.165) is 48.2 Å². The predicted molar refractivity (Wildman–Crippen MR) is 132 cm³/mol. The van der Waals surface area contributed by atoms with Gasteiger partial charge in [0.1, 0.15) is 0 Å². The van der Waals surface area contributed by atoms with Gasteiger partial charge in [0.25, 0.3) is 0 Å². The third-order valence-corrected chi connectivity index (χ3v) is 5.90. The molecule has 0 aromatic carbocycles. The number of nitrogens with zero attached hydrogens (tertiary/aromatic N) is 4. The van der Waals surface area contributed by atoms with Crippen molar-refractivity contribution in [2.75, 3.05) is 13.7 Å². The van der Waals surface area contributed by atoms with E-state index in [4.69, 9.17) is 14.6 Å². The van der Waals surface area contributed by atoms with Crippen molar-refractivity contribution in [1.29, 1.82) is 0 Å². The van der Waals surface area contributed by atoms with E-state index in [1.165, 1.54) is 0 Å². The normalized spacial score (nSPS) is 20.0. The molecule has 3 rings (SSSR count). The number of methoxy groups -OCH3 is 1. The van der Waals surface area contributed by atoms with Gasteiger partial charge in [-0.05, 0) is 77.8 Å². The molecule has 1 saturated carbocycles. The van der Waals surface area contributed by atoms with Gasteiger partial charge in [0.2, 0.25) is 11.8 Å². The molecule has 0 bridgehead atoms. The van der Waals surface area contributed by atoms with Crippen LogP contribution < -0.4 is 10.1 Å². The second-order valence-electron chi connectivity index (χ2n) is 9.02. The van der Waals surface area contributed by atoms with E-state index in [-0.39, 0.29) is 18.2 Å². The highest BCUT2D eigenvalue weighted by atomic mass is 16.5. The molecule has 0 spiro atoms. The summed E-state index contributed by atoms with van der Waals surface area (Å²) in [6, 6.07) is 6.20. The average Bonchev–Trinajstić information content (AvgIpc) is 3.10. The molecule has 2 aromatic heterocycles. The second-order valence-corrected chi connectivity index (χ2v) is 9.02. The summed E-state index contributed by atoms with van der Waals surface area (Å²) in [5.74, 6) is 1.35. The van der Waals surface area contributed by atoms with Crippen LogP contribution in [0.3, 0.4) is 0 Å². The molecule has 33 heavy (non-hydrogen) atoms. The molecule has 0 radical (unpaired) electrons. The molecule has 1 aliphatic rings. The Morgan fingerprint density at radius 3 is 2.64 bits per heavy atom. The van der Waals surface area contributed by atoms with Crippen LogP contribution >= 0.6 is 0 Å². The van der Waals surface area contributed by atoms with E-state index in [2.05, 4.69) is 35.0 Å². The fourth-order valence-corrected chi connectivity index (χ4v) is 4.30. The Labute approximate surface area is 196 Å². The highest BCUT2D eigenvalue weighted by Crippen LogP contribution is 2.38. The van der Waals surface area contributed by atoms with Crippen LogP contribution in [0.5, 0.6) is 5.88 Å². The van der Waals surface area contributed by atoms with Gasteiger partial charge in [0, 0.05) is 48.3 Å². The molecule has 1 fully saturated rings. The molecule has 0 aliphatic heterocycles. The van der Waals surface area contributed by atoms with E-state index in [1.807, 2.05) is 37.6 Å². The number of nitrogens with one attached hydrogen (secondary N) is 1. The van der Waals surface area contributed by atoms with Crippen LogP contribution in [0, 0.1) is 6.92 Å². The minimum atomic E-state index is -0.216. The second kappa shape index (κ2) is 11.4. The molecule has 2 aromatic rings. The third kappa shape index (κ3) is 6.42. The SMILES string of the molecule is C=N/C(=N\n1c(C)c(-c2ccnc(OC(C)C)c2)cc1[C@H]1CC[C@H](O)CC1)N[C@@H](C)COC. The molecular formula is C25H37N5O3. The molecule has 0 unspecified atom stereocenters. The Morgan fingerprint density at radius 2 is 2.00 bits per heavy atom. The Balaban J connectivity index is 2.04. The van der Waals surface area contributed by atoms with Crippen LogP contribution in [0.15, 0.2) is 34.5 Å². The smallest absolute Gasteiger partial charge is 0.240 e. The maximum absolute atomic E-state index is 10.0. The molecule has 1 aliphatic carbocycles. The van der Waals surface area contributed by atoms with Crippen LogP contribution in [0.2, 0.25) is 0 Å². The Bertz CT molecular complexity index is 961. The number of pyridine rings is 1. The van der Waals surface area contributed by atoms with Gasteiger partial charge in [-0.3, -0.25) is 0 Å². The van der Waals surface area contributed by atoms with Gasteiger partial charge >= 0.3 is 0 Å². The molecule has 0 amide bonds. The first kappa shape index (κ1) is 24.9. The van der Waals surface area contributed by atoms with Crippen molar-refractivity contribution in [1.82, 2.24) is 15.0 Å². The van der Waals surface area contributed by atoms with Gasteiger partial charge in [-0.25, -0.2) is 14.7 Å². The van der Waals surface area contributed by atoms with Crippen molar-refractivity contribution < 1.29 is 14.6 Å². The summed E-state index contributed by atoms with van der Waals surface area (Å²) in [7, 11) is 1.67. The zero-order valence-electron chi connectivity index (χ0n) is 20.4. The minimum Gasteiger partial charge on any atom is -0.475 e. The van der Waals surface area contributed by atoms with Gasteiger partial charge in [-0.15, -0.1) is 5.10 Å². The van der Waals surface area contributed by atoms with Gasteiger partial charge in [-0.2, -0.15) is 0 Å².